The summed E-state index contributed by atoms with van der Waals surface area (Å²) in [7, 11) is 0. The number of carbonyl (C=O) groups excluding carboxylic acids is 1. The minimum absolute atomic E-state index is 0.0220. The molecule has 1 saturated heterocycles. The predicted octanol–water partition coefficient (Wildman–Crippen LogP) is 2.54. The Kier molecular flexibility index (Phi) is 9.03. The number of fused-ring (bicyclic) bond motifs is 1. The number of rotatable bonds is 10. The smallest absolute Gasteiger partial charge is 0.252 e. The number of nitrogens with zero attached hydrogens (tertiary/aromatic N) is 4. The number of hydrogen-bond donors (Lipinski definition) is 6. The van der Waals surface area contributed by atoms with Crippen molar-refractivity contribution < 1.29 is 24.9 Å². The van der Waals surface area contributed by atoms with Crippen LogP contribution in [0.5, 0.6) is 0 Å². The van der Waals surface area contributed by atoms with Gasteiger partial charge in [0.15, 0.2) is 29.3 Å². The van der Waals surface area contributed by atoms with Gasteiger partial charge >= 0.3 is 0 Å². The van der Waals surface area contributed by atoms with E-state index in [0.717, 1.165) is 24.0 Å². The van der Waals surface area contributed by atoms with Gasteiger partial charge in [-0.1, -0.05) is 60.7 Å². The van der Waals surface area contributed by atoms with Crippen molar-refractivity contribution in [1.82, 2.24) is 24.8 Å². The molecular weight excluding hydrogens is 562 g/mol. The van der Waals surface area contributed by atoms with E-state index in [9.17, 15) is 20.1 Å². The molecule has 2 fully saturated rings. The first kappa shape index (κ1) is 29.9. The summed E-state index contributed by atoms with van der Waals surface area (Å²) >= 11 is 0. The Morgan fingerprint density at radius 2 is 1.61 bits per heavy atom. The van der Waals surface area contributed by atoms with Gasteiger partial charge in [0.25, 0.3) is 5.91 Å². The van der Waals surface area contributed by atoms with Gasteiger partial charge in [-0.15, -0.1) is 0 Å². The zero-order valence-corrected chi connectivity index (χ0v) is 24.6. The molecule has 2 aromatic heterocycles. The Labute approximate surface area is 255 Å². The molecule has 3 heterocycles. The Bertz CT molecular complexity index is 1510. The Hall–Kier alpha value is -4.10. The molecule has 1 aliphatic carbocycles. The van der Waals surface area contributed by atoms with Crippen molar-refractivity contribution in [2.24, 2.45) is 0 Å². The summed E-state index contributed by atoms with van der Waals surface area (Å²) < 4.78 is 7.43. The van der Waals surface area contributed by atoms with Crippen molar-refractivity contribution in [3.63, 3.8) is 0 Å². The van der Waals surface area contributed by atoms with Crippen LogP contribution in [-0.4, -0.2) is 84.3 Å². The molecule has 2 aliphatic rings. The number of anilines is 2. The number of imidazole rings is 1. The number of aliphatic hydroxyl groups is 3. The van der Waals surface area contributed by atoms with E-state index in [-0.39, 0.29) is 18.1 Å². The van der Waals surface area contributed by atoms with Crippen LogP contribution < -0.4 is 16.0 Å². The average Bonchev–Trinajstić information content (AvgIpc) is 3.59. The molecule has 4 atom stereocenters. The molecule has 44 heavy (non-hydrogen) atoms. The monoisotopic (exact) mass is 601 g/mol. The summed E-state index contributed by atoms with van der Waals surface area (Å²) in [6.45, 7) is 2.65. The third-order valence-electron chi connectivity index (χ3n) is 8.45. The minimum Gasteiger partial charge on any atom is -0.393 e. The first-order valence-electron chi connectivity index (χ1n) is 15.2. The van der Waals surface area contributed by atoms with Gasteiger partial charge in [0.2, 0.25) is 5.95 Å². The molecule has 1 amide bonds. The highest BCUT2D eigenvalue weighted by molar-refractivity contribution is 5.85. The first-order chi connectivity index (χ1) is 21.4. The van der Waals surface area contributed by atoms with Crippen molar-refractivity contribution in [3.05, 3.63) is 78.1 Å². The maximum Gasteiger partial charge on any atom is 0.252 e. The van der Waals surface area contributed by atoms with Crippen molar-refractivity contribution in [1.29, 1.82) is 0 Å². The van der Waals surface area contributed by atoms with Crippen LogP contribution in [0.2, 0.25) is 0 Å². The van der Waals surface area contributed by atoms with E-state index in [0.29, 0.717) is 48.9 Å². The van der Waals surface area contributed by atoms with E-state index in [4.69, 9.17) is 14.7 Å². The van der Waals surface area contributed by atoms with Gasteiger partial charge in [-0.3, -0.25) is 9.36 Å². The molecule has 4 aromatic rings. The van der Waals surface area contributed by atoms with Crippen LogP contribution in [-0.2, 0) is 9.53 Å². The molecule has 0 spiro atoms. The number of amides is 1. The zero-order valence-electron chi connectivity index (χ0n) is 24.6. The summed E-state index contributed by atoms with van der Waals surface area (Å²) in [5, 5.41) is 41.2. The van der Waals surface area contributed by atoms with Gasteiger partial charge < -0.3 is 36.0 Å². The predicted molar refractivity (Wildman–Crippen MR) is 165 cm³/mol. The third-order valence-corrected chi connectivity index (χ3v) is 8.45. The van der Waals surface area contributed by atoms with E-state index in [1.807, 2.05) is 36.4 Å². The Morgan fingerprint density at radius 1 is 0.955 bits per heavy atom. The number of hydrogen-bond acceptors (Lipinski definition) is 10. The average molecular weight is 602 g/mol. The summed E-state index contributed by atoms with van der Waals surface area (Å²) in [5.74, 6) is 0.385. The zero-order chi connectivity index (χ0) is 30.6. The quantitative estimate of drug-likeness (QED) is 0.159. The van der Waals surface area contributed by atoms with Gasteiger partial charge in [0, 0.05) is 25.0 Å². The highest BCUT2D eigenvalue weighted by Gasteiger charge is 2.47. The molecule has 0 unspecified atom stereocenters. The van der Waals surface area contributed by atoms with Crippen molar-refractivity contribution in [3.8, 4) is 0 Å². The second-order valence-corrected chi connectivity index (χ2v) is 11.4. The molecule has 6 N–H and O–H groups in total. The molecule has 6 rings (SSSR count). The summed E-state index contributed by atoms with van der Waals surface area (Å²) in [6, 6.07) is 20.6. The van der Waals surface area contributed by atoms with Crippen LogP contribution >= 0.6 is 0 Å². The maximum absolute atomic E-state index is 12.5. The SMILES string of the molecule is CCNC(=O)[C@H]1O[C@@H](n2cnc3c(NCC(c4ccccc4)c4ccccc4)nc(N[C@H]4CC[C@@H](O)CC4)nc32)[C@H](O)[C@@H]1O. The molecular formula is C32H39N7O5. The van der Waals surface area contributed by atoms with Crippen molar-refractivity contribution >= 4 is 28.8 Å². The van der Waals surface area contributed by atoms with E-state index in [1.165, 1.54) is 10.9 Å². The molecule has 1 saturated carbocycles. The molecule has 232 valence electrons. The van der Waals surface area contributed by atoms with E-state index in [1.54, 1.807) is 6.92 Å². The second kappa shape index (κ2) is 13.3. The maximum atomic E-state index is 12.5. The summed E-state index contributed by atoms with van der Waals surface area (Å²) in [4.78, 5) is 26.7. The number of likely N-dealkylation sites (N-methyl/N-ethyl adjacent to an activating group) is 1. The number of benzene rings is 2. The highest BCUT2D eigenvalue weighted by atomic mass is 16.6. The van der Waals surface area contributed by atoms with Gasteiger partial charge in [-0.25, -0.2) is 4.98 Å². The fraction of sp³-hybridized carbons (Fsp3) is 0.438. The summed E-state index contributed by atoms with van der Waals surface area (Å²) in [6.07, 6.45) is -1.01. The Morgan fingerprint density at radius 3 is 2.25 bits per heavy atom. The van der Waals surface area contributed by atoms with E-state index >= 15 is 0 Å². The second-order valence-electron chi connectivity index (χ2n) is 11.4. The number of ether oxygens (including phenoxy) is 1. The molecule has 0 bridgehead atoms. The van der Waals surface area contributed by atoms with Crippen LogP contribution in [0.3, 0.4) is 0 Å². The fourth-order valence-electron chi connectivity index (χ4n) is 6.07. The van der Waals surface area contributed by atoms with Crippen molar-refractivity contribution in [2.75, 3.05) is 23.7 Å². The molecule has 12 heteroatoms. The topological polar surface area (TPSA) is 167 Å². The molecule has 12 nitrogen and oxygen atoms in total. The lowest BCUT2D eigenvalue weighted by Gasteiger charge is -2.26. The van der Waals surface area contributed by atoms with E-state index < -0.39 is 30.4 Å². The third kappa shape index (κ3) is 6.25. The standard InChI is InChI=1S/C32H39N7O5/c1-2-33-30(43)27-25(41)26(42)31(44-27)39-18-35-24-28(37-32(38-29(24)39)36-21-13-15-22(40)16-14-21)34-17-23(19-9-5-3-6-10-19)20-11-7-4-8-12-20/h3-12,18,21-23,25-27,31,40-42H,2,13-17H2,1H3,(H,33,43)(H2,34,36,37,38)/t21-,22+,25-,26+,27-,31+/m0/s1. The number of aromatic nitrogens is 4. The first-order valence-corrected chi connectivity index (χ1v) is 15.2. The van der Waals surface area contributed by atoms with Crippen LogP contribution in [0.25, 0.3) is 11.2 Å². The van der Waals surface area contributed by atoms with Gasteiger partial charge in [-0.05, 0) is 43.7 Å². The van der Waals surface area contributed by atoms with Crippen LogP contribution in [0.1, 0.15) is 55.9 Å². The largest absolute Gasteiger partial charge is 0.393 e. The summed E-state index contributed by atoms with van der Waals surface area (Å²) in [5.41, 5.74) is 3.13. The van der Waals surface area contributed by atoms with Crippen LogP contribution in [0.15, 0.2) is 67.0 Å². The lowest BCUT2D eigenvalue weighted by molar-refractivity contribution is -0.137. The minimum atomic E-state index is -1.42. The number of nitrogens with one attached hydrogen (secondary N) is 3. The van der Waals surface area contributed by atoms with Gasteiger partial charge in [0.1, 0.15) is 12.2 Å². The van der Waals surface area contributed by atoms with Crippen LogP contribution in [0.4, 0.5) is 11.8 Å². The Balaban J connectivity index is 1.34. The lowest BCUT2D eigenvalue weighted by Crippen LogP contribution is -2.42. The fourth-order valence-corrected chi connectivity index (χ4v) is 6.07. The van der Waals surface area contributed by atoms with Crippen LogP contribution in [0, 0.1) is 0 Å². The molecule has 1 aliphatic heterocycles. The van der Waals surface area contributed by atoms with Crippen molar-refractivity contribution in [2.45, 2.75) is 75.2 Å². The number of aliphatic hydroxyl groups excluding tert-OH is 3. The van der Waals surface area contributed by atoms with Gasteiger partial charge in [0.05, 0.1) is 12.4 Å². The number of carbonyl (C=O) groups is 1. The van der Waals surface area contributed by atoms with E-state index in [2.05, 4.69) is 45.2 Å². The lowest BCUT2D eigenvalue weighted by atomic mass is 9.91. The van der Waals surface area contributed by atoms with Gasteiger partial charge in [-0.2, -0.15) is 9.97 Å². The highest BCUT2D eigenvalue weighted by Crippen LogP contribution is 2.34. The normalized spacial score (nSPS) is 25.3. The molecule has 2 aromatic carbocycles. The molecule has 0 radical (unpaired) electrons.